The van der Waals surface area contributed by atoms with E-state index in [-0.39, 0.29) is 30.4 Å². The van der Waals surface area contributed by atoms with Gasteiger partial charge in [0.15, 0.2) is 12.3 Å². The van der Waals surface area contributed by atoms with E-state index in [0.717, 1.165) is 69.6 Å². The van der Waals surface area contributed by atoms with Crippen LogP contribution in [0.5, 0.6) is 17.2 Å². The number of amides is 3. The van der Waals surface area contributed by atoms with E-state index in [9.17, 15) is 14.4 Å². The molecule has 2 aliphatic heterocycles. The van der Waals surface area contributed by atoms with Crippen molar-refractivity contribution in [3.05, 3.63) is 116 Å². The summed E-state index contributed by atoms with van der Waals surface area (Å²) in [5.74, 6) is 1.79. The fourth-order valence-corrected chi connectivity index (χ4v) is 9.90. The van der Waals surface area contributed by atoms with Gasteiger partial charge in [-0.2, -0.15) is 5.10 Å². The van der Waals surface area contributed by atoms with E-state index in [4.69, 9.17) is 39.3 Å². The molecule has 0 atom stereocenters. The van der Waals surface area contributed by atoms with Crippen molar-refractivity contribution in [3.63, 3.8) is 0 Å². The zero-order chi connectivity index (χ0) is 50.2. The van der Waals surface area contributed by atoms with Crippen LogP contribution in [-0.4, -0.2) is 135 Å². The average Bonchev–Trinajstić information content (AvgIpc) is 3.91. The van der Waals surface area contributed by atoms with Crippen molar-refractivity contribution in [2.75, 3.05) is 103 Å². The monoisotopic (exact) mass is 1170 g/mol. The van der Waals surface area contributed by atoms with Gasteiger partial charge in [-0.05, 0) is 123 Å². The summed E-state index contributed by atoms with van der Waals surface area (Å²) in [7, 11) is 0. The Balaban J connectivity index is 0.620. The van der Waals surface area contributed by atoms with Gasteiger partial charge in [0, 0.05) is 53.0 Å². The molecule has 0 unspecified atom stereocenters. The molecule has 72 heavy (non-hydrogen) atoms. The summed E-state index contributed by atoms with van der Waals surface area (Å²) in [6, 6.07) is 26.7. The first-order valence-corrected chi connectivity index (χ1v) is 25.8. The van der Waals surface area contributed by atoms with Crippen molar-refractivity contribution < 1.29 is 42.8 Å². The highest BCUT2D eigenvalue weighted by molar-refractivity contribution is 9.11. The second kappa shape index (κ2) is 26.3. The molecule has 3 amide bonds. The van der Waals surface area contributed by atoms with E-state index < -0.39 is 0 Å². The van der Waals surface area contributed by atoms with Crippen molar-refractivity contribution in [1.29, 1.82) is 0 Å². The van der Waals surface area contributed by atoms with Crippen LogP contribution in [-0.2, 0) is 33.3 Å². The largest absolute Gasteiger partial charge is 0.481 e. The molecule has 2 aromatic heterocycles. The number of rotatable bonds is 25. The number of piperidine rings is 1. The molecular weight excluding hydrogens is 1120 g/mol. The Kier molecular flexibility index (Phi) is 19.2. The van der Waals surface area contributed by atoms with Crippen LogP contribution in [0.3, 0.4) is 0 Å². The Morgan fingerprint density at radius 3 is 2.06 bits per heavy atom. The van der Waals surface area contributed by atoms with Crippen LogP contribution < -0.4 is 31.2 Å². The minimum Gasteiger partial charge on any atom is -0.481 e. The molecule has 18 nitrogen and oxygen atoms in total. The third-order valence-electron chi connectivity index (χ3n) is 11.6. The molecule has 21 heteroatoms. The third kappa shape index (κ3) is 14.5. The van der Waals surface area contributed by atoms with Gasteiger partial charge in [-0.1, -0.05) is 34.1 Å². The molecule has 4 heterocycles. The van der Waals surface area contributed by atoms with Crippen molar-refractivity contribution >= 4 is 99.7 Å². The van der Waals surface area contributed by atoms with Crippen LogP contribution in [0.2, 0.25) is 0 Å². The van der Waals surface area contributed by atoms with Crippen LogP contribution in [0, 0.1) is 0 Å². The molecule has 6 aromatic rings. The zero-order valence-electron chi connectivity index (χ0n) is 39.3. The minimum absolute atomic E-state index is 0.0503. The van der Waals surface area contributed by atoms with E-state index in [2.05, 4.69) is 78.6 Å². The lowest BCUT2D eigenvalue weighted by atomic mass is 10.0. The molecule has 0 aliphatic carbocycles. The predicted molar refractivity (Wildman–Crippen MR) is 284 cm³/mol. The number of nitrogens with one attached hydrogen (secondary N) is 3. The van der Waals surface area contributed by atoms with Gasteiger partial charge in [-0.15, -0.1) is 0 Å². The summed E-state index contributed by atoms with van der Waals surface area (Å²) in [6.45, 7) is 5.34. The number of carbonyl (C=O) groups is 3. The second-order valence-corrected chi connectivity index (χ2v) is 19.3. The Morgan fingerprint density at radius 2 is 1.39 bits per heavy atom. The lowest BCUT2D eigenvalue weighted by Gasteiger charge is -2.31. The summed E-state index contributed by atoms with van der Waals surface area (Å²) in [5, 5.41) is 14.3. The molecular formula is C51H54Br3N9O9. The Bertz CT molecular complexity index is 2820. The van der Waals surface area contributed by atoms with Crippen molar-refractivity contribution in [2.45, 2.75) is 18.9 Å². The molecule has 0 spiro atoms. The van der Waals surface area contributed by atoms with Gasteiger partial charge in [0.2, 0.25) is 5.91 Å². The zero-order valence-corrected chi connectivity index (χ0v) is 44.0. The Morgan fingerprint density at radius 1 is 0.764 bits per heavy atom. The van der Waals surface area contributed by atoms with Crippen LogP contribution in [0.25, 0.3) is 33.9 Å². The van der Waals surface area contributed by atoms with Gasteiger partial charge in [-0.3, -0.25) is 19.3 Å². The van der Waals surface area contributed by atoms with Crippen LogP contribution >= 0.6 is 47.8 Å². The standard InChI is InChI=1S/C51H54Br3N9O9/c52-35-8-11-43-39(29-35)40(51(66)60-43)26-33-27-41(53)48(42(54)28-33)71-31-45(65)57-15-19-68-21-23-70-25-24-69-22-20-67-18-14-56-44(64)30-62-16-12-36(13-17-62)63-50-46(49(55)58-32-59-50)47(61-63)34-6-9-38(10-7-34)72-37-4-2-1-3-5-37/h1-11,26-29,32,36H,12-25,30-31H2,(H,56,64)(H,57,65)(H,60,66)(H2,55,58,59)/b40-26-. The van der Waals surface area contributed by atoms with E-state index in [0.29, 0.717) is 110 Å². The molecule has 378 valence electrons. The predicted octanol–water partition coefficient (Wildman–Crippen LogP) is 7.66. The quantitative estimate of drug-likeness (QED) is 0.0320. The van der Waals surface area contributed by atoms with E-state index in [1.165, 1.54) is 6.33 Å². The summed E-state index contributed by atoms with van der Waals surface area (Å²) in [6.07, 6.45) is 4.87. The number of benzene rings is 4. The maximum atomic E-state index is 12.7. The number of likely N-dealkylation sites (tertiary alicyclic amines) is 1. The maximum absolute atomic E-state index is 12.7. The molecule has 0 radical (unpaired) electrons. The summed E-state index contributed by atoms with van der Waals surface area (Å²) < 4.78 is 38.2. The normalized spacial score (nSPS) is 14.4. The molecule has 0 saturated carbocycles. The minimum atomic E-state index is -0.298. The molecule has 2 aliphatic rings. The van der Waals surface area contributed by atoms with E-state index in [1.807, 2.05) is 89.6 Å². The highest BCUT2D eigenvalue weighted by Gasteiger charge is 2.28. The lowest BCUT2D eigenvalue weighted by Crippen LogP contribution is -2.42. The van der Waals surface area contributed by atoms with Crippen LogP contribution in [0.15, 0.2) is 105 Å². The topological polar surface area (TPSA) is 216 Å². The van der Waals surface area contributed by atoms with E-state index >= 15 is 0 Å². The molecule has 4 aromatic carbocycles. The SMILES string of the molecule is Nc1ncnc2c1c(-c1ccc(Oc3ccccc3)cc1)nn2C1CCN(CC(=O)NCCOCCOCCOCCOCCNC(=O)COc2c(Br)cc(/C=C3\C(=O)Nc4ccc(Br)cc43)cc2Br)CC1. The molecule has 1 fully saturated rings. The van der Waals surface area contributed by atoms with Crippen molar-refractivity contribution in [3.8, 4) is 28.5 Å². The number of nitrogens with zero attached hydrogens (tertiary/aromatic N) is 5. The van der Waals surface area contributed by atoms with Gasteiger partial charge in [0.25, 0.3) is 11.8 Å². The number of halogens is 3. The number of ether oxygens (including phenoxy) is 6. The number of aromatic nitrogens is 4. The summed E-state index contributed by atoms with van der Waals surface area (Å²) in [5.41, 5.74) is 11.6. The number of hydrogen-bond acceptors (Lipinski definition) is 14. The highest BCUT2D eigenvalue weighted by atomic mass is 79.9. The van der Waals surface area contributed by atoms with Gasteiger partial charge in [0.1, 0.15) is 35.1 Å². The number of hydrogen-bond donors (Lipinski definition) is 4. The molecule has 8 rings (SSSR count). The first-order valence-electron chi connectivity index (χ1n) is 23.4. The fourth-order valence-electron chi connectivity index (χ4n) is 8.09. The number of para-hydroxylation sites is 1. The highest BCUT2D eigenvalue weighted by Crippen LogP contribution is 2.39. The Hall–Kier alpha value is -5.78. The summed E-state index contributed by atoms with van der Waals surface area (Å²) >= 11 is 10.5. The van der Waals surface area contributed by atoms with Crippen LogP contribution in [0.1, 0.15) is 30.0 Å². The average molecular weight is 1180 g/mol. The smallest absolute Gasteiger partial charge is 0.258 e. The maximum Gasteiger partial charge on any atom is 0.258 e. The molecule has 0 bridgehead atoms. The number of fused-ring (bicyclic) bond motifs is 2. The third-order valence-corrected chi connectivity index (χ3v) is 13.3. The van der Waals surface area contributed by atoms with Crippen molar-refractivity contribution in [1.82, 2.24) is 35.3 Å². The van der Waals surface area contributed by atoms with E-state index in [1.54, 1.807) is 6.08 Å². The van der Waals surface area contributed by atoms with Gasteiger partial charge < -0.3 is 50.1 Å². The number of nitrogens with two attached hydrogens (primary N) is 1. The number of nitrogen functional groups attached to an aromatic ring is 1. The van der Waals surface area contributed by atoms with Crippen molar-refractivity contribution in [2.24, 2.45) is 0 Å². The molecule has 1 saturated heterocycles. The Labute approximate surface area is 441 Å². The first kappa shape index (κ1) is 52.5. The van der Waals surface area contributed by atoms with Crippen LogP contribution in [0.4, 0.5) is 11.5 Å². The van der Waals surface area contributed by atoms with Gasteiger partial charge >= 0.3 is 0 Å². The van der Waals surface area contributed by atoms with Gasteiger partial charge in [0.05, 0.1) is 79.8 Å². The number of carbonyl (C=O) groups excluding carboxylic acids is 3. The fraction of sp³-hybridized carbons (Fsp3) is 0.333. The molecule has 5 N–H and O–H groups in total. The first-order chi connectivity index (χ1) is 35.1. The number of anilines is 2. The summed E-state index contributed by atoms with van der Waals surface area (Å²) in [4.78, 5) is 48.8. The second-order valence-electron chi connectivity index (χ2n) is 16.7. The lowest BCUT2D eigenvalue weighted by molar-refractivity contribution is -0.123. The van der Waals surface area contributed by atoms with Gasteiger partial charge in [-0.25, -0.2) is 14.6 Å².